The standard InChI is InChI=1S/C25H26N2O2.C2H2/c1-17-6-7-18(16-26-17)14-19-15-24-23(22-5-3-2-4-21(19)22)8-11-27(25(24)28)20-9-12-29-13-10-20;1-2/h2-7,15-16,20H,8-14H2,1H3;1-2H. The van der Waals surface area contributed by atoms with Gasteiger partial charge in [-0.2, -0.15) is 0 Å². The maximum absolute atomic E-state index is 13.5. The van der Waals surface area contributed by atoms with Crippen LogP contribution in [0, 0.1) is 19.8 Å². The Balaban J connectivity index is 0.00000112. The molecule has 0 saturated carbocycles. The molecule has 2 aliphatic heterocycles. The highest BCUT2D eigenvalue weighted by molar-refractivity contribution is 6.04. The summed E-state index contributed by atoms with van der Waals surface area (Å²) >= 11 is 0. The number of carbonyl (C=O) groups excluding carboxylic acids is 1. The number of benzene rings is 2. The van der Waals surface area contributed by atoms with Gasteiger partial charge in [0.15, 0.2) is 0 Å². The molecule has 3 aromatic rings. The number of aromatic nitrogens is 1. The molecule has 0 radical (unpaired) electrons. The molecule has 2 aromatic carbocycles. The number of hydrogen-bond donors (Lipinski definition) is 0. The first-order chi connectivity index (χ1) is 15.2. The van der Waals surface area contributed by atoms with E-state index >= 15 is 0 Å². The number of pyridine rings is 1. The molecule has 5 rings (SSSR count). The second-order valence-corrected chi connectivity index (χ2v) is 8.18. The molecule has 1 saturated heterocycles. The van der Waals surface area contributed by atoms with Gasteiger partial charge in [0, 0.05) is 43.3 Å². The highest BCUT2D eigenvalue weighted by atomic mass is 16.5. The number of aryl methyl sites for hydroxylation is 1. The smallest absolute Gasteiger partial charge is 0.254 e. The zero-order chi connectivity index (χ0) is 21.8. The largest absolute Gasteiger partial charge is 0.381 e. The topological polar surface area (TPSA) is 42.4 Å². The van der Waals surface area contributed by atoms with E-state index in [0.29, 0.717) is 6.04 Å². The van der Waals surface area contributed by atoms with Gasteiger partial charge in [-0.3, -0.25) is 9.78 Å². The van der Waals surface area contributed by atoms with Crippen LogP contribution in [0.2, 0.25) is 0 Å². The quantitative estimate of drug-likeness (QED) is 0.592. The van der Waals surface area contributed by atoms with Gasteiger partial charge < -0.3 is 9.64 Å². The highest BCUT2D eigenvalue weighted by Crippen LogP contribution is 2.33. The van der Waals surface area contributed by atoms with Crippen molar-refractivity contribution < 1.29 is 9.53 Å². The fraction of sp³-hybridized carbons (Fsp3) is 0.333. The number of ether oxygens (including phenoxy) is 1. The fourth-order valence-electron chi connectivity index (χ4n) is 4.77. The van der Waals surface area contributed by atoms with Crippen LogP contribution in [0.25, 0.3) is 10.8 Å². The van der Waals surface area contributed by atoms with Crippen molar-refractivity contribution in [1.82, 2.24) is 9.88 Å². The third kappa shape index (κ3) is 4.19. The van der Waals surface area contributed by atoms with Crippen molar-refractivity contribution in [3.63, 3.8) is 0 Å². The Morgan fingerprint density at radius 3 is 2.55 bits per heavy atom. The van der Waals surface area contributed by atoms with E-state index in [0.717, 1.165) is 56.7 Å². The number of amides is 1. The number of fused-ring (bicyclic) bond motifs is 3. The number of hydrogen-bond acceptors (Lipinski definition) is 3. The molecular weight excluding hydrogens is 384 g/mol. The second kappa shape index (κ2) is 9.32. The molecule has 4 heteroatoms. The SMILES string of the molecule is C#C.Cc1ccc(Cc2cc3c(c4ccccc24)CCN(C2CCOCC2)C3=O)cn1. The fourth-order valence-corrected chi connectivity index (χ4v) is 4.77. The van der Waals surface area contributed by atoms with Crippen molar-refractivity contribution in [3.8, 4) is 12.8 Å². The molecule has 0 N–H and O–H groups in total. The lowest BCUT2D eigenvalue weighted by Crippen LogP contribution is -2.47. The van der Waals surface area contributed by atoms with Crippen LogP contribution in [0.3, 0.4) is 0 Å². The summed E-state index contributed by atoms with van der Waals surface area (Å²) < 4.78 is 5.50. The van der Waals surface area contributed by atoms with Gasteiger partial charge in [0.05, 0.1) is 0 Å². The number of nitrogens with zero attached hydrogens (tertiary/aromatic N) is 2. The molecule has 2 aliphatic rings. The molecule has 1 aromatic heterocycles. The average Bonchev–Trinajstić information content (AvgIpc) is 2.83. The van der Waals surface area contributed by atoms with E-state index in [1.807, 2.05) is 19.2 Å². The van der Waals surface area contributed by atoms with E-state index in [-0.39, 0.29) is 5.91 Å². The van der Waals surface area contributed by atoms with Crippen molar-refractivity contribution in [1.29, 1.82) is 0 Å². The first-order valence-corrected chi connectivity index (χ1v) is 10.9. The minimum atomic E-state index is 0.187. The summed E-state index contributed by atoms with van der Waals surface area (Å²) in [7, 11) is 0. The summed E-state index contributed by atoms with van der Waals surface area (Å²) in [5.74, 6) is 0.187. The van der Waals surface area contributed by atoms with Gasteiger partial charge in [-0.15, -0.1) is 12.8 Å². The first-order valence-electron chi connectivity index (χ1n) is 10.9. The Morgan fingerprint density at radius 2 is 1.84 bits per heavy atom. The lowest BCUT2D eigenvalue weighted by Gasteiger charge is -2.38. The first kappa shape index (κ1) is 21.1. The van der Waals surface area contributed by atoms with E-state index in [1.54, 1.807) is 0 Å². The van der Waals surface area contributed by atoms with Gasteiger partial charge in [-0.25, -0.2) is 0 Å². The van der Waals surface area contributed by atoms with Gasteiger partial charge in [0.2, 0.25) is 0 Å². The van der Waals surface area contributed by atoms with Crippen LogP contribution in [-0.2, 0) is 17.6 Å². The minimum absolute atomic E-state index is 0.187. The van der Waals surface area contributed by atoms with Crippen LogP contribution < -0.4 is 0 Å². The summed E-state index contributed by atoms with van der Waals surface area (Å²) in [6, 6.07) is 15.1. The van der Waals surface area contributed by atoms with Crippen LogP contribution in [0.4, 0.5) is 0 Å². The lowest BCUT2D eigenvalue weighted by atomic mass is 9.87. The van der Waals surface area contributed by atoms with E-state index in [1.165, 1.54) is 27.5 Å². The van der Waals surface area contributed by atoms with E-state index < -0.39 is 0 Å². The van der Waals surface area contributed by atoms with Crippen molar-refractivity contribution >= 4 is 16.7 Å². The summed E-state index contributed by atoms with van der Waals surface area (Å²) in [6.45, 7) is 4.32. The van der Waals surface area contributed by atoms with Gasteiger partial charge in [-0.05, 0) is 72.2 Å². The predicted octanol–water partition coefficient (Wildman–Crippen LogP) is 4.56. The summed E-state index contributed by atoms with van der Waals surface area (Å²) in [5, 5.41) is 2.47. The third-order valence-corrected chi connectivity index (χ3v) is 6.33. The molecule has 1 fully saturated rings. The molecule has 0 aliphatic carbocycles. The van der Waals surface area contributed by atoms with Crippen LogP contribution >= 0.6 is 0 Å². The number of rotatable bonds is 3. The van der Waals surface area contributed by atoms with E-state index in [4.69, 9.17) is 4.74 Å². The van der Waals surface area contributed by atoms with Gasteiger partial charge in [0.1, 0.15) is 0 Å². The third-order valence-electron chi connectivity index (χ3n) is 6.33. The monoisotopic (exact) mass is 412 g/mol. The molecule has 0 spiro atoms. The number of carbonyl (C=O) groups is 1. The zero-order valence-electron chi connectivity index (χ0n) is 18.0. The maximum atomic E-state index is 13.5. The summed E-state index contributed by atoms with van der Waals surface area (Å²) in [6.07, 6.45) is 13.5. The Bertz CT molecular complexity index is 1100. The molecule has 1 amide bonds. The average molecular weight is 413 g/mol. The molecule has 0 bridgehead atoms. The summed E-state index contributed by atoms with van der Waals surface area (Å²) in [4.78, 5) is 20.0. The predicted molar refractivity (Wildman–Crippen MR) is 124 cm³/mol. The van der Waals surface area contributed by atoms with Crippen molar-refractivity contribution in [2.75, 3.05) is 19.8 Å². The van der Waals surface area contributed by atoms with Crippen molar-refractivity contribution in [3.05, 3.63) is 76.6 Å². The lowest BCUT2D eigenvalue weighted by molar-refractivity contribution is 0.0277. The maximum Gasteiger partial charge on any atom is 0.254 e. The molecule has 0 unspecified atom stereocenters. The molecule has 31 heavy (non-hydrogen) atoms. The highest BCUT2D eigenvalue weighted by Gasteiger charge is 2.32. The van der Waals surface area contributed by atoms with Crippen LogP contribution in [0.5, 0.6) is 0 Å². The Morgan fingerprint density at radius 1 is 1.10 bits per heavy atom. The van der Waals surface area contributed by atoms with Crippen LogP contribution in [0.1, 0.15) is 45.6 Å². The molecule has 3 heterocycles. The number of terminal acetylenes is 1. The van der Waals surface area contributed by atoms with Crippen LogP contribution in [0.15, 0.2) is 48.7 Å². The molecule has 0 atom stereocenters. The molecular formula is C27H28N2O2. The Labute approximate surface area is 184 Å². The minimum Gasteiger partial charge on any atom is -0.381 e. The van der Waals surface area contributed by atoms with Gasteiger partial charge in [0.25, 0.3) is 5.91 Å². The van der Waals surface area contributed by atoms with E-state index in [2.05, 4.69) is 59.1 Å². The Kier molecular flexibility index (Phi) is 6.34. The molecule has 158 valence electrons. The van der Waals surface area contributed by atoms with Gasteiger partial charge in [-0.1, -0.05) is 30.3 Å². The Hall–Kier alpha value is -3.16. The second-order valence-electron chi connectivity index (χ2n) is 8.18. The van der Waals surface area contributed by atoms with Crippen molar-refractivity contribution in [2.24, 2.45) is 0 Å². The van der Waals surface area contributed by atoms with Crippen LogP contribution in [-0.4, -0.2) is 41.6 Å². The molecule has 4 nitrogen and oxygen atoms in total. The zero-order valence-corrected chi connectivity index (χ0v) is 18.0. The van der Waals surface area contributed by atoms with Gasteiger partial charge >= 0.3 is 0 Å². The van der Waals surface area contributed by atoms with E-state index in [9.17, 15) is 4.79 Å². The summed E-state index contributed by atoms with van der Waals surface area (Å²) in [5.41, 5.74) is 5.49. The normalized spacial score (nSPS) is 16.5. The van der Waals surface area contributed by atoms with Crippen molar-refractivity contribution in [2.45, 2.75) is 38.6 Å².